The van der Waals surface area contributed by atoms with E-state index in [2.05, 4.69) is 63.2 Å². The summed E-state index contributed by atoms with van der Waals surface area (Å²) in [7, 11) is 0. The lowest BCUT2D eigenvalue weighted by atomic mass is 9.63. The maximum Gasteiger partial charge on any atom is 0.175 e. The number of aliphatic hydroxyl groups is 1. The van der Waals surface area contributed by atoms with Gasteiger partial charge >= 0.3 is 0 Å². The minimum atomic E-state index is -0.785. The first-order chi connectivity index (χ1) is 16.9. The molecule has 0 amide bonds. The third-order valence-electron chi connectivity index (χ3n) is 6.32. The van der Waals surface area contributed by atoms with Crippen molar-refractivity contribution in [1.29, 1.82) is 0 Å². The van der Waals surface area contributed by atoms with Crippen LogP contribution < -0.4 is 4.89 Å². The normalized spacial score (nSPS) is 11.4. The molecule has 0 aliphatic rings. The first kappa shape index (κ1) is 26.2. The summed E-state index contributed by atoms with van der Waals surface area (Å²) in [6.07, 6.45) is 0. The van der Waals surface area contributed by atoms with Gasteiger partial charge in [-0.25, -0.2) is 5.26 Å². The van der Waals surface area contributed by atoms with E-state index in [0.717, 1.165) is 27.8 Å². The molecule has 4 aromatic rings. The molecule has 0 atom stereocenters. The molecule has 4 rings (SSSR count). The Morgan fingerprint density at radius 1 is 0.629 bits per heavy atom. The van der Waals surface area contributed by atoms with Crippen LogP contribution in [0.3, 0.4) is 0 Å². The Hall–Kier alpha value is -3.40. The molecular weight excluding hydrogens is 432 g/mol. The van der Waals surface area contributed by atoms with Crippen LogP contribution in [0.5, 0.6) is 5.75 Å². The van der Waals surface area contributed by atoms with Crippen molar-refractivity contribution in [3.05, 3.63) is 137 Å². The van der Waals surface area contributed by atoms with E-state index >= 15 is 0 Å². The number of rotatable bonds is 6. The summed E-state index contributed by atoms with van der Waals surface area (Å²) in [5.74, 6) is 0.280. The summed E-state index contributed by atoms with van der Waals surface area (Å²) in [4.78, 5) is 5.05. The van der Waals surface area contributed by atoms with E-state index in [1.807, 2.05) is 74.5 Å². The monoisotopic (exact) mass is 468 g/mol. The maximum absolute atomic E-state index is 10.3. The molecule has 0 radical (unpaired) electrons. The molecule has 0 aromatic heterocycles. The van der Waals surface area contributed by atoms with Gasteiger partial charge in [0.25, 0.3) is 0 Å². The molecule has 3 heteroatoms. The number of hydrogen-bond donors (Lipinski definition) is 2. The Kier molecular flexibility index (Phi) is 8.50. The van der Waals surface area contributed by atoms with Gasteiger partial charge in [-0.3, -0.25) is 0 Å². The molecule has 3 nitrogen and oxygen atoms in total. The first-order valence-corrected chi connectivity index (χ1v) is 12.2. The summed E-state index contributed by atoms with van der Waals surface area (Å²) in [6, 6.07) is 34.8. The molecule has 2 N–H and O–H groups in total. The van der Waals surface area contributed by atoms with Crippen LogP contribution >= 0.6 is 0 Å². The van der Waals surface area contributed by atoms with Crippen LogP contribution in [-0.2, 0) is 17.4 Å². The van der Waals surface area contributed by atoms with E-state index in [1.165, 1.54) is 0 Å². The highest BCUT2D eigenvalue weighted by Crippen LogP contribution is 2.50. The Morgan fingerprint density at radius 2 is 1.03 bits per heavy atom. The highest BCUT2D eigenvalue weighted by molar-refractivity contribution is 5.65. The van der Waals surface area contributed by atoms with Gasteiger partial charge in [-0.2, -0.15) is 0 Å². The van der Waals surface area contributed by atoms with Gasteiger partial charge in [-0.1, -0.05) is 126 Å². The van der Waals surface area contributed by atoms with Crippen molar-refractivity contribution >= 4 is 0 Å². The third-order valence-corrected chi connectivity index (χ3v) is 6.32. The standard InChI is InChI=1S/C30H30O3.C2H6/c1-29(2,3)26-19-22(21-31)28(33-32)27(20-26)30(23-13-7-4-8-14-23,24-15-9-5-10-16-24)25-17-11-6-12-18-25;1-2/h4-20,31-32H,21H2,1-3H3;1-2H3. The average Bonchev–Trinajstić information content (AvgIpc) is 2.91. The van der Waals surface area contributed by atoms with Gasteiger partial charge in [-0.05, 0) is 39.8 Å². The Balaban J connectivity index is 0.00000167. The molecule has 0 aliphatic carbocycles. The van der Waals surface area contributed by atoms with Gasteiger partial charge in [0.15, 0.2) is 5.75 Å². The van der Waals surface area contributed by atoms with Crippen LogP contribution in [0.15, 0.2) is 103 Å². The molecule has 0 saturated carbocycles. The lowest BCUT2D eigenvalue weighted by Crippen LogP contribution is -2.32. The zero-order valence-corrected chi connectivity index (χ0v) is 21.3. The minimum absolute atomic E-state index is 0.178. The maximum atomic E-state index is 10.3. The lowest BCUT2D eigenvalue weighted by Gasteiger charge is -2.38. The van der Waals surface area contributed by atoms with Crippen LogP contribution in [0.2, 0.25) is 0 Å². The summed E-state index contributed by atoms with van der Waals surface area (Å²) in [5.41, 5.74) is 4.53. The van der Waals surface area contributed by atoms with E-state index in [0.29, 0.717) is 5.56 Å². The Bertz CT molecular complexity index is 1100. The summed E-state index contributed by atoms with van der Waals surface area (Å²) in [6.45, 7) is 10.2. The molecular formula is C32H36O3. The fourth-order valence-corrected chi connectivity index (χ4v) is 4.66. The van der Waals surface area contributed by atoms with Crippen molar-refractivity contribution < 1.29 is 15.3 Å². The van der Waals surface area contributed by atoms with E-state index in [4.69, 9.17) is 4.89 Å². The Labute approximate surface area is 209 Å². The summed E-state index contributed by atoms with van der Waals surface area (Å²) in [5, 5.41) is 20.4. The van der Waals surface area contributed by atoms with Crippen molar-refractivity contribution in [2.45, 2.75) is 52.1 Å². The predicted octanol–water partition coefficient (Wildman–Crippen LogP) is 7.74. The molecule has 0 fully saturated rings. The molecule has 0 heterocycles. The van der Waals surface area contributed by atoms with Crippen LogP contribution in [-0.4, -0.2) is 10.4 Å². The highest BCUT2D eigenvalue weighted by atomic mass is 17.1. The van der Waals surface area contributed by atoms with Crippen molar-refractivity contribution in [1.82, 2.24) is 0 Å². The molecule has 0 aliphatic heterocycles. The van der Waals surface area contributed by atoms with Gasteiger partial charge < -0.3 is 9.99 Å². The lowest BCUT2D eigenvalue weighted by molar-refractivity contribution is -0.139. The molecule has 4 aromatic carbocycles. The number of hydrogen-bond acceptors (Lipinski definition) is 3. The Morgan fingerprint density at radius 3 is 1.34 bits per heavy atom. The molecule has 0 bridgehead atoms. The average molecular weight is 469 g/mol. The van der Waals surface area contributed by atoms with Gasteiger partial charge in [-0.15, -0.1) is 0 Å². The van der Waals surface area contributed by atoms with Crippen LogP contribution in [0, 0.1) is 0 Å². The second kappa shape index (κ2) is 11.4. The van der Waals surface area contributed by atoms with Crippen molar-refractivity contribution in [2.24, 2.45) is 0 Å². The van der Waals surface area contributed by atoms with E-state index in [-0.39, 0.29) is 17.8 Å². The largest absolute Gasteiger partial charge is 0.392 e. The zero-order chi connectivity index (χ0) is 25.5. The van der Waals surface area contributed by atoms with Crippen LogP contribution in [0.1, 0.15) is 68.0 Å². The van der Waals surface area contributed by atoms with E-state index < -0.39 is 5.41 Å². The fourth-order valence-electron chi connectivity index (χ4n) is 4.66. The number of benzene rings is 4. The molecule has 182 valence electrons. The third kappa shape index (κ3) is 5.02. The van der Waals surface area contributed by atoms with Crippen molar-refractivity contribution in [2.75, 3.05) is 0 Å². The fraction of sp³-hybridized carbons (Fsp3) is 0.250. The van der Waals surface area contributed by atoms with Crippen molar-refractivity contribution in [3.8, 4) is 5.75 Å². The molecule has 35 heavy (non-hydrogen) atoms. The van der Waals surface area contributed by atoms with Gasteiger partial charge in [0.1, 0.15) is 0 Å². The first-order valence-electron chi connectivity index (χ1n) is 12.2. The molecule has 0 saturated heterocycles. The summed E-state index contributed by atoms with van der Waals surface area (Å²) >= 11 is 0. The second-order valence-electron chi connectivity index (χ2n) is 9.36. The number of aliphatic hydroxyl groups excluding tert-OH is 1. The molecule has 0 spiro atoms. The minimum Gasteiger partial charge on any atom is -0.392 e. The summed E-state index contributed by atoms with van der Waals surface area (Å²) < 4.78 is 0. The van der Waals surface area contributed by atoms with Crippen molar-refractivity contribution in [3.63, 3.8) is 0 Å². The van der Waals surface area contributed by atoms with Gasteiger partial charge in [0.05, 0.1) is 12.0 Å². The van der Waals surface area contributed by atoms with E-state index in [1.54, 1.807) is 0 Å². The topological polar surface area (TPSA) is 49.7 Å². The quantitative estimate of drug-likeness (QED) is 0.173. The van der Waals surface area contributed by atoms with Crippen LogP contribution in [0.4, 0.5) is 0 Å². The predicted molar refractivity (Wildman–Crippen MR) is 144 cm³/mol. The SMILES string of the molecule is CC.CC(C)(C)c1cc(CO)c(OO)c(C(c2ccccc2)(c2ccccc2)c2ccccc2)c1. The highest BCUT2D eigenvalue weighted by Gasteiger charge is 2.42. The van der Waals surface area contributed by atoms with Gasteiger partial charge in [0.2, 0.25) is 0 Å². The van der Waals surface area contributed by atoms with Crippen LogP contribution in [0.25, 0.3) is 0 Å². The second-order valence-corrected chi connectivity index (χ2v) is 9.36. The smallest absolute Gasteiger partial charge is 0.175 e. The zero-order valence-electron chi connectivity index (χ0n) is 21.3. The van der Waals surface area contributed by atoms with E-state index in [9.17, 15) is 10.4 Å². The molecule has 0 unspecified atom stereocenters. The van der Waals surface area contributed by atoms with Gasteiger partial charge in [0, 0.05) is 11.1 Å².